The van der Waals surface area contributed by atoms with Crippen LogP contribution in [0.4, 0.5) is 0 Å². The van der Waals surface area contributed by atoms with E-state index in [1.165, 1.54) is 0 Å². The summed E-state index contributed by atoms with van der Waals surface area (Å²) in [5, 5.41) is 25.7. The Kier molecular flexibility index (Phi) is 13.2. The van der Waals surface area contributed by atoms with Crippen LogP contribution in [-0.4, -0.2) is 82.9 Å². The fourth-order valence-electron chi connectivity index (χ4n) is 2.92. The molecule has 0 aliphatic heterocycles. The SMILES string of the molecule is NC(N)=NCCCC(NC(=O)C(Cc1ccccc1)NC(=O)C(N)CO)C(=O)NC(CS)C(=O)O. The minimum Gasteiger partial charge on any atom is -0.480 e. The van der Waals surface area contributed by atoms with E-state index in [2.05, 4.69) is 33.6 Å². The first kappa shape index (κ1) is 29.7. The van der Waals surface area contributed by atoms with Gasteiger partial charge in [-0.25, -0.2) is 4.79 Å². The van der Waals surface area contributed by atoms with Gasteiger partial charge in [0.2, 0.25) is 17.7 Å². The van der Waals surface area contributed by atoms with Gasteiger partial charge in [-0.2, -0.15) is 12.6 Å². The number of carboxylic acids is 1. The number of amides is 3. The summed E-state index contributed by atoms with van der Waals surface area (Å²) < 4.78 is 0. The molecule has 13 nitrogen and oxygen atoms in total. The number of thiol groups is 1. The second-order valence-electron chi connectivity index (χ2n) is 7.63. The number of aliphatic imine (C=N–C) groups is 1. The standard InChI is InChI=1S/C21H33N7O6S/c22-13(10-29)17(30)27-15(9-12-5-2-1-3-6-12)19(32)26-14(7-4-8-25-21(23)24)18(31)28-16(11-35)20(33)34/h1-3,5-6,13-16,29,35H,4,7-11,22H2,(H,26,32)(H,27,30)(H,28,31)(H,33,34)(H4,23,24,25). The average Bonchev–Trinajstić information content (AvgIpc) is 2.83. The summed E-state index contributed by atoms with van der Waals surface area (Å²) in [5.41, 5.74) is 16.9. The number of guanidine groups is 1. The number of carboxylic acid groups (broad SMARTS) is 1. The Labute approximate surface area is 208 Å². The molecule has 0 saturated carbocycles. The van der Waals surface area contributed by atoms with E-state index in [4.69, 9.17) is 22.3 Å². The van der Waals surface area contributed by atoms with Crippen LogP contribution in [0.25, 0.3) is 0 Å². The minimum absolute atomic E-state index is 0.0767. The Bertz CT molecular complexity index is 882. The zero-order valence-corrected chi connectivity index (χ0v) is 20.0. The van der Waals surface area contributed by atoms with Crippen molar-refractivity contribution in [1.29, 1.82) is 0 Å². The van der Waals surface area contributed by atoms with E-state index < -0.39 is 54.5 Å². The van der Waals surface area contributed by atoms with Gasteiger partial charge >= 0.3 is 5.97 Å². The molecule has 4 atom stereocenters. The maximum Gasteiger partial charge on any atom is 0.327 e. The maximum atomic E-state index is 13.1. The number of nitrogens with zero attached hydrogens (tertiary/aromatic N) is 1. The number of aliphatic carboxylic acids is 1. The van der Waals surface area contributed by atoms with Crippen molar-refractivity contribution in [2.45, 2.75) is 43.4 Å². The van der Waals surface area contributed by atoms with Crippen LogP contribution >= 0.6 is 12.6 Å². The van der Waals surface area contributed by atoms with Gasteiger partial charge in [-0.15, -0.1) is 0 Å². The summed E-state index contributed by atoms with van der Waals surface area (Å²) in [7, 11) is 0. The van der Waals surface area contributed by atoms with Gasteiger partial charge in [-0.05, 0) is 18.4 Å². The number of hydrogen-bond donors (Lipinski definition) is 9. The summed E-state index contributed by atoms with van der Waals surface area (Å²) in [5.74, 6) is -3.79. The molecule has 0 saturated heterocycles. The highest BCUT2D eigenvalue weighted by Gasteiger charge is 2.30. The third kappa shape index (κ3) is 11.1. The Balaban J connectivity index is 3.07. The molecule has 35 heavy (non-hydrogen) atoms. The van der Waals surface area contributed by atoms with Crippen molar-refractivity contribution < 1.29 is 29.4 Å². The number of carbonyl (C=O) groups is 4. The van der Waals surface area contributed by atoms with Crippen molar-refractivity contribution >= 4 is 42.3 Å². The van der Waals surface area contributed by atoms with Crippen LogP contribution < -0.4 is 33.2 Å². The van der Waals surface area contributed by atoms with Gasteiger partial charge in [-0.1, -0.05) is 30.3 Å². The van der Waals surface area contributed by atoms with Crippen LogP contribution in [0.3, 0.4) is 0 Å². The van der Waals surface area contributed by atoms with Crippen molar-refractivity contribution in [3.63, 3.8) is 0 Å². The quantitative estimate of drug-likeness (QED) is 0.0506. The molecular weight excluding hydrogens is 478 g/mol. The Morgan fingerprint density at radius 2 is 1.51 bits per heavy atom. The Morgan fingerprint density at radius 1 is 0.943 bits per heavy atom. The molecule has 1 aromatic carbocycles. The van der Waals surface area contributed by atoms with Crippen LogP contribution in [0.5, 0.6) is 0 Å². The lowest BCUT2D eigenvalue weighted by Crippen LogP contribution is -2.58. The van der Waals surface area contributed by atoms with Crippen molar-refractivity contribution in [2.24, 2.45) is 22.2 Å². The van der Waals surface area contributed by atoms with Gasteiger partial charge in [0.05, 0.1) is 6.61 Å². The zero-order chi connectivity index (χ0) is 26.4. The first-order valence-corrected chi connectivity index (χ1v) is 11.4. The molecule has 0 aliphatic carbocycles. The molecule has 0 bridgehead atoms. The number of nitrogens with two attached hydrogens (primary N) is 3. The van der Waals surface area contributed by atoms with Crippen molar-refractivity contribution in [2.75, 3.05) is 18.9 Å². The van der Waals surface area contributed by atoms with Crippen LogP contribution in [-0.2, 0) is 25.6 Å². The van der Waals surface area contributed by atoms with E-state index >= 15 is 0 Å². The van der Waals surface area contributed by atoms with Gasteiger partial charge < -0.3 is 43.4 Å². The molecule has 0 heterocycles. The highest BCUT2D eigenvalue weighted by atomic mass is 32.1. The maximum absolute atomic E-state index is 13.1. The average molecular weight is 512 g/mol. The molecule has 1 aromatic rings. The molecule has 0 fully saturated rings. The van der Waals surface area contributed by atoms with Gasteiger partial charge in [0.1, 0.15) is 24.2 Å². The Hall–Kier alpha value is -3.36. The number of benzene rings is 1. The number of carbonyl (C=O) groups excluding carboxylic acids is 3. The monoisotopic (exact) mass is 511 g/mol. The van der Waals surface area contributed by atoms with Gasteiger partial charge in [0, 0.05) is 18.7 Å². The van der Waals surface area contributed by atoms with E-state index in [9.17, 15) is 24.3 Å². The summed E-state index contributed by atoms with van der Waals surface area (Å²) in [4.78, 5) is 53.3. The summed E-state index contributed by atoms with van der Waals surface area (Å²) >= 11 is 3.92. The first-order chi connectivity index (χ1) is 16.6. The van der Waals surface area contributed by atoms with Crippen LogP contribution in [0.2, 0.25) is 0 Å². The summed E-state index contributed by atoms with van der Waals surface area (Å²) in [6.45, 7) is -0.450. The number of aliphatic hydroxyl groups is 1. The zero-order valence-electron chi connectivity index (χ0n) is 19.1. The lowest BCUT2D eigenvalue weighted by molar-refractivity contribution is -0.141. The van der Waals surface area contributed by atoms with Crippen molar-refractivity contribution in [3.8, 4) is 0 Å². The molecule has 194 valence electrons. The molecule has 3 amide bonds. The second-order valence-corrected chi connectivity index (χ2v) is 8.00. The molecule has 4 unspecified atom stereocenters. The summed E-state index contributed by atoms with van der Waals surface area (Å²) in [6, 6.07) is 4.01. The largest absolute Gasteiger partial charge is 0.480 e. The third-order valence-corrected chi connectivity index (χ3v) is 5.19. The number of nitrogens with one attached hydrogen (secondary N) is 3. The second kappa shape index (κ2) is 15.5. The van der Waals surface area contributed by atoms with E-state index in [-0.39, 0.29) is 31.1 Å². The van der Waals surface area contributed by atoms with Crippen LogP contribution in [0, 0.1) is 0 Å². The predicted octanol–water partition coefficient (Wildman–Crippen LogP) is -2.93. The highest BCUT2D eigenvalue weighted by Crippen LogP contribution is 2.06. The van der Waals surface area contributed by atoms with Gasteiger partial charge in [0.25, 0.3) is 0 Å². The smallest absolute Gasteiger partial charge is 0.327 e. The van der Waals surface area contributed by atoms with Crippen LogP contribution in [0.15, 0.2) is 35.3 Å². The molecular formula is C21H33N7O6S. The minimum atomic E-state index is -1.29. The molecule has 0 spiro atoms. The van der Waals surface area contributed by atoms with Crippen molar-refractivity contribution in [1.82, 2.24) is 16.0 Å². The predicted molar refractivity (Wildman–Crippen MR) is 132 cm³/mol. The number of rotatable bonds is 15. The van der Waals surface area contributed by atoms with Gasteiger partial charge in [-0.3, -0.25) is 19.4 Å². The fraction of sp³-hybridized carbons (Fsp3) is 0.476. The molecule has 0 aromatic heterocycles. The molecule has 1 rings (SSSR count). The lowest BCUT2D eigenvalue weighted by atomic mass is 10.0. The third-order valence-electron chi connectivity index (χ3n) is 4.82. The highest BCUT2D eigenvalue weighted by molar-refractivity contribution is 7.80. The molecule has 14 heteroatoms. The molecule has 11 N–H and O–H groups in total. The fourth-order valence-corrected chi connectivity index (χ4v) is 3.17. The topological polar surface area (TPSA) is 235 Å². The van der Waals surface area contributed by atoms with E-state index in [0.717, 1.165) is 5.56 Å². The van der Waals surface area contributed by atoms with Crippen molar-refractivity contribution in [3.05, 3.63) is 35.9 Å². The number of aliphatic hydroxyl groups excluding tert-OH is 1. The first-order valence-electron chi connectivity index (χ1n) is 10.8. The van der Waals surface area contributed by atoms with Crippen LogP contribution in [0.1, 0.15) is 18.4 Å². The van der Waals surface area contributed by atoms with Gasteiger partial charge in [0.15, 0.2) is 5.96 Å². The Morgan fingerprint density at radius 3 is 2.06 bits per heavy atom. The number of hydrogen-bond acceptors (Lipinski definition) is 8. The molecule has 0 aliphatic rings. The van der Waals surface area contributed by atoms with E-state index in [1.54, 1.807) is 30.3 Å². The van der Waals surface area contributed by atoms with E-state index in [0.29, 0.717) is 6.42 Å². The molecule has 0 radical (unpaired) electrons. The van der Waals surface area contributed by atoms with E-state index in [1.807, 2.05) is 0 Å². The lowest BCUT2D eigenvalue weighted by Gasteiger charge is -2.25. The summed E-state index contributed by atoms with van der Waals surface area (Å²) in [6.07, 6.45) is 0.447. The normalized spacial score (nSPS) is 14.0.